The first kappa shape index (κ1) is 14.8. The second kappa shape index (κ2) is 5.62. The molecule has 1 unspecified atom stereocenters. The van der Waals surface area contributed by atoms with E-state index in [2.05, 4.69) is 0 Å². The van der Waals surface area contributed by atoms with Gasteiger partial charge in [-0.05, 0) is 35.6 Å². The number of hydrogen-bond donors (Lipinski definition) is 0. The van der Waals surface area contributed by atoms with E-state index >= 15 is 0 Å². The van der Waals surface area contributed by atoms with Crippen LogP contribution in [0.5, 0.6) is 0 Å². The summed E-state index contributed by atoms with van der Waals surface area (Å²) in [6.45, 7) is 3.81. The van der Waals surface area contributed by atoms with E-state index in [9.17, 15) is 13.2 Å². The molecule has 98 valence electrons. The molecule has 1 rings (SSSR count). The molecule has 1 aromatic rings. The van der Waals surface area contributed by atoms with E-state index in [1.165, 1.54) is 0 Å². The van der Waals surface area contributed by atoms with E-state index in [0.717, 1.165) is 18.6 Å². The molecule has 0 fully saturated rings. The zero-order chi connectivity index (χ0) is 13.9. The molecule has 0 spiro atoms. The maximum absolute atomic E-state index is 12.7. The third-order valence-electron chi connectivity index (χ3n) is 2.92. The summed E-state index contributed by atoms with van der Waals surface area (Å²) in [5, 5.41) is 8.80. The lowest BCUT2D eigenvalue weighted by molar-refractivity contribution is -0.137. The predicted octanol–water partition coefficient (Wildman–Crippen LogP) is 4.94. The van der Waals surface area contributed by atoms with Crippen molar-refractivity contribution in [1.82, 2.24) is 0 Å². The first-order valence-electron chi connectivity index (χ1n) is 5.57. The normalized spacial score (nSPS) is 13.2. The van der Waals surface area contributed by atoms with Crippen LogP contribution in [0.25, 0.3) is 0 Å². The van der Waals surface area contributed by atoms with Gasteiger partial charge in [-0.2, -0.15) is 18.4 Å². The molecule has 0 aliphatic carbocycles. The number of benzene rings is 1. The third kappa shape index (κ3) is 3.17. The molecule has 0 aliphatic rings. The maximum atomic E-state index is 12.7. The van der Waals surface area contributed by atoms with E-state index < -0.39 is 11.7 Å². The third-order valence-corrected chi connectivity index (χ3v) is 3.23. The number of nitriles is 1. The highest BCUT2D eigenvalue weighted by Crippen LogP contribution is 2.37. The Morgan fingerprint density at radius 2 is 2.00 bits per heavy atom. The van der Waals surface area contributed by atoms with Crippen LogP contribution in [0.3, 0.4) is 0 Å². The lowest BCUT2D eigenvalue weighted by Crippen LogP contribution is -2.09. The Balaban J connectivity index is 3.41. The van der Waals surface area contributed by atoms with E-state index in [0.29, 0.717) is 11.1 Å². The Labute approximate surface area is 109 Å². The first-order chi connectivity index (χ1) is 8.31. The zero-order valence-corrected chi connectivity index (χ0v) is 10.9. The van der Waals surface area contributed by atoms with Gasteiger partial charge in [-0.3, -0.25) is 0 Å². The van der Waals surface area contributed by atoms with Crippen molar-refractivity contribution >= 4 is 11.6 Å². The van der Waals surface area contributed by atoms with Crippen LogP contribution in [0.2, 0.25) is 5.02 Å². The molecule has 5 heteroatoms. The Hall–Kier alpha value is -1.21. The fourth-order valence-electron chi connectivity index (χ4n) is 1.83. The monoisotopic (exact) mass is 275 g/mol. The van der Waals surface area contributed by atoms with E-state index in [1.54, 1.807) is 0 Å². The zero-order valence-electron chi connectivity index (χ0n) is 10.1. The second-order valence-corrected chi connectivity index (χ2v) is 4.58. The van der Waals surface area contributed by atoms with Crippen LogP contribution < -0.4 is 0 Å². The summed E-state index contributed by atoms with van der Waals surface area (Å²) in [7, 11) is 0. The average molecular weight is 276 g/mol. The molecule has 1 atom stereocenters. The van der Waals surface area contributed by atoms with Crippen molar-refractivity contribution in [3.8, 4) is 6.07 Å². The molecular formula is C13H13ClF3N. The topological polar surface area (TPSA) is 23.8 Å². The summed E-state index contributed by atoms with van der Waals surface area (Å²) in [5.74, 6) is 0.0307. The van der Waals surface area contributed by atoms with Crippen LogP contribution in [-0.2, 0) is 12.6 Å². The molecule has 0 heterocycles. The Morgan fingerprint density at radius 3 is 2.44 bits per heavy atom. The average Bonchev–Trinajstić information content (AvgIpc) is 2.27. The summed E-state index contributed by atoms with van der Waals surface area (Å²) >= 11 is 5.94. The predicted molar refractivity (Wildman–Crippen MR) is 64.5 cm³/mol. The van der Waals surface area contributed by atoms with Gasteiger partial charge in [0.2, 0.25) is 0 Å². The van der Waals surface area contributed by atoms with Crippen LogP contribution in [-0.4, -0.2) is 0 Å². The minimum Gasteiger partial charge on any atom is -0.198 e. The lowest BCUT2D eigenvalue weighted by atomic mass is 9.91. The van der Waals surface area contributed by atoms with E-state index in [-0.39, 0.29) is 17.4 Å². The van der Waals surface area contributed by atoms with Crippen LogP contribution >= 0.6 is 11.6 Å². The SMILES string of the molecule is CCC(C)c1c(Cl)cc(C(F)(F)F)cc1CC#N. The van der Waals surface area contributed by atoms with Gasteiger partial charge in [-0.15, -0.1) is 0 Å². The number of rotatable bonds is 3. The molecule has 0 radical (unpaired) electrons. The highest BCUT2D eigenvalue weighted by atomic mass is 35.5. The van der Waals surface area contributed by atoms with Gasteiger partial charge in [-0.25, -0.2) is 0 Å². The van der Waals surface area contributed by atoms with Gasteiger partial charge in [-0.1, -0.05) is 25.4 Å². The van der Waals surface area contributed by atoms with Crippen LogP contribution in [0.4, 0.5) is 13.2 Å². The highest BCUT2D eigenvalue weighted by molar-refractivity contribution is 6.31. The minimum atomic E-state index is -4.44. The Morgan fingerprint density at radius 1 is 1.39 bits per heavy atom. The van der Waals surface area contributed by atoms with Gasteiger partial charge in [0.05, 0.1) is 18.1 Å². The molecule has 0 N–H and O–H groups in total. The van der Waals surface area contributed by atoms with Gasteiger partial charge in [0.25, 0.3) is 0 Å². The molecule has 0 bridgehead atoms. The molecule has 1 aromatic carbocycles. The Bertz CT molecular complexity index is 474. The molecule has 0 amide bonds. The molecule has 0 saturated heterocycles. The van der Waals surface area contributed by atoms with Crippen molar-refractivity contribution < 1.29 is 13.2 Å². The molecule has 0 aromatic heterocycles. The summed E-state index contributed by atoms with van der Waals surface area (Å²) in [6, 6.07) is 3.84. The van der Waals surface area contributed by atoms with Crippen LogP contribution in [0.1, 0.15) is 42.9 Å². The minimum absolute atomic E-state index is 0.0307. The largest absolute Gasteiger partial charge is 0.416 e. The molecule has 18 heavy (non-hydrogen) atoms. The number of halogens is 4. The van der Waals surface area contributed by atoms with Gasteiger partial charge in [0.15, 0.2) is 0 Å². The summed E-state index contributed by atoms with van der Waals surface area (Å²) in [6.07, 6.45) is -3.76. The van der Waals surface area contributed by atoms with E-state index in [4.69, 9.17) is 16.9 Å². The van der Waals surface area contributed by atoms with Gasteiger partial charge in [0.1, 0.15) is 0 Å². The fraction of sp³-hybridized carbons (Fsp3) is 0.462. The molecular weight excluding hydrogens is 263 g/mol. The molecule has 0 aliphatic heterocycles. The number of alkyl halides is 3. The van der Waals surface area contributed by atoms with Gasteiger partial charge in [0, 0.05) is 5.02 Å². The first-order valence-corrected chi connectivity index (χ1v) is 5.95. The molecule has 1 nitrogen and oxygen atoms in total. The summed E-state index contributed by atoms with van der Waals surface area (Å²) in [5.41, 5.74) is 0.213. The highest BCUT2D eigenvalue weighted by Gasteiger charge is 2.32. The van der Waals surface area contributed by atoms with Gasteiger partial charge >= 0.3 is 6.18 Å². The van der Waals surface area contributed by atoms with Gasteiger partial charge < -0.3 is 0 Å². The fourth-order valence-corrected chi connectivity index (χ4v) is 2.25. The van der Waals surface area contributed by atoms with Crippen molar-refractivity contribution in [2.45, 2.75) is 38.8 Å². The number of nitrogens with zero attached hydrogens (tertiary/aromatic N) is 1. The lowest BCUT2D eigenvalue weighted by Gasteiger charge is -2.18. The van der Waals surface area contributed by atoms with E-state index in [1.807, 2.05) is 19.9 Å². The number of hydrogen-bond acceptors (Lipinski definition) is 1. The van der Waals surface area contributed by atoms with Crippen molar-refractivity contribution in [3.63, 3.8) is 0 Å². The van der Waals surface area contributed by atoms with Crippen molar-refractivity contribution in [1.29, 1.82) is 5.26 Å². The quantitative estimate of drug-likeness (QED) is 0.766. The summed E-state index contributed by atoms with van der Waals surface area (Å²) < 4.78 is 38.0. The van der Waals surface area contributed by atoms with Crippen LogP contribution in [0.15, 0.2) is 12.1 Å². The second-order valence-electron chi connectivity index (χ2n) is 4.17. The summed E-state index contributed by atoms with van der Waals surface area (Å²) in [4.78, 5) is 0. The maximum Gasteiger partial charge on any atom is 0.416 e. The Kier molecular flexibility index (Phi) is 4.64. The van der Waals surface area contributed by atoms with Crippen molar-refractivity contribution in [2.24, 2.45) is 0 Å². The molecule has 0 saturated carbocycles. The van der Waals surface area contributed by atoms with Crippen molar-refractivity contribution in [2.75, 3.05) is 0 Å². The smallest absolute Gasteiger partial charge is 0.198 e. The standard InChI is InChI=1S/C13H13ClF3N/c1-3-8(2)12-9(4-5-18)6-10(7-11(12)14)13(15,16)17/h6-8H,3-4H2,1-2H3. The van der Waals surface area contributed by atoms with Crippen LogP contribution in [0, 0.1) is 11.3 Å². The van der Waals surface area contributed by atoms with Crippen molar-refractivity contribution in [3.05, 3.63) is 33.8 Å².